The van der Waals surface area contributed by atoms with Crippen LogP contribution in [-0.2, 0) is 9.84 Å². The zero-order chi connectivity index (χ0) is 18.7. The average molecular weight is 382 g/mol. The fraction of sp³-hybridized carbons (Fsp3) is 0.294. The highest BCUT2D eigenvalue weighted by atomic mass is 32.2. The van der Waals surface area contributed by atoms with E-state index in [0.717, 1.165) is 18.0 Å². The molecule has 0 radical (unpaired) electrons. The Balaban J connectivity index is 1.66. The number of nitrogens with one attached hydrogen (secondary N) is 1. The number of rotatable bonds is 4. The summed E-state index contributed by atoms with van der Waals surface area (Å²) < 4.78 is 48.0. The van der Waals surface area contributed by atoms with Gasteiger partial charge in [0.2, 0.25) is 9.84 Å². The van der Waals surface area contributed by atoms with Gasteiger partial charge in [-0.3, -0.25) is 9.69 Å². The van der Waals surface area contributed by atoms with E-state index in [9.17, 15) is 22.0 Å². The molecule has 26 heavy (non-hydrogen) atoms. The lowest BCUT2D eigenvalue weighted by atomic mass is 10.2. The van der Waals surface area contributed by atoms with Gasteiger partial charge >= 0.3 is 5.76 Å². The maximum absolute atomic E-state index is 12.6. The molecule has 1 saturated heterocycles. The summed E-state index contributed by atoms with van der Waals surface area (Å²) in [4.78, 5) is 19.0. The molecule has 0 atom stereocenters. The fourth-order valence-corrected chi connectivity index (χ4v) is 3.52. The molecular formula is C17H18F2N3O3S+. The van der Waals surface area contributed by atoms with E-state index in [1.54, 1.807) is 4.90 Å². The number of amides is 1. The standard InChI is InChI=1S/C17H17F2N3O3S/c18-17(19)26(24,25)14-6-4-13(5-7-14)16(23)22-11-9-21(10-12-22)15-3-1-2-8-20-15/h1-8,17H,9-12H2/p+1. The smallest absolute Gasteiger partial charge is 0.331 e. The molecule has 9 heteroatoms. The first kappa shape index (κ1) is 18.2. The number of sulfone groups is 1. The van der Waals surface area contributed by atoms with Crippen molar-refractivity contribution in [3.8, 4) is 0 Å². The highest BCUT2D eigenvalue weighted by molar-refractivity contribution is 7.91. The Hall–Kier alpha value is -2.55. The summed E-state index contributed by atoms with van der Waals surface area (Å²) in [6.45, 7) is 2.34. The second-order valence-electron chi connectivity index (χ2n) is 5.86. The van der Waals surface area contributed by atoms with E-state index in [1.807, 2.05) is 24.4 Å². The zero-order valence-corrected chi connectivity index (χ0v) is 14.6. The van der Waals surface area contributed by atoms with E-state index in [0.29, 0.717) is 26.2 Å². The topological polar surface area (TPSA) is 71.8 Å². The van der Waals surface area contributed by atoms with E-state index >= 15 is 0 Å². The summed E-state index contributed by atoms with van der Waals surface area (Å²) in [5.41, 5.74) is 0.276. The molecule has 2 aromatic rings. The van der Waals surface area contributed by atoms with Crippen LogP contribution in [0.1, 0.15) is 10.4 Å². The summed E-state index contributed by atoms with van der Waals surface area (Å²) in [5, 5.41) is 0. The first-order valence-electron chi connectivity index (χ1n) is 8.02. The number of benzene rings is 1. The number of nitrogens with zero attached hydrogens (tertiary/aromatic N) is 2. The van der Waals surface area contributed by atoms with Crippen LogP contribution in [0.2, 0.25) is 0 Å². The molecule has 1 amide bonds. The van der Waals surface area contributed by atoms with Gasteiger partial charge in [0.25, 0.3) is 11.7 Å². The predicted molar refractivity (Wildman–Crippen MR) is 90.7 cm³/mol. The van der Waals surface area contributed by atoms with Crippen LogP contribution in [0, 0.1) is 0 Å². The van der Waals surface area contributed by atoms with Crippen molar-refractivity contribution >= 4 is 21.6 Å². The normalized spacial score (nSPS) is 15.3. The number of alkyl halides is 2. The van der Waals surface area contributed by atoms with Crippen LogP contribution in [0.4, 0.5) is 14.6 Å². The van der Waals surface area contributed by atoms with Gasteiger partial charge in [0.1, 0.15) is 13.1 Å². The third kappa shape index (κ3) is 3.67. The summed E-state index contributed by atoms with van der Waals surface area (Å²) >= 11 is 0. The third-order valence-corrected chi connectivity index (χ3v) is 5.66. The van der Waals surface area contributed by atoms with E-state index in [4.69, 9.17) is 0 Å². The van der Waals surface area contributed by atoms with Crippen LogP contribution in [0.3, 0.4) is 0 Å². The second-order valence-corrected chi connectivity index (χ2v) is 7.77. The van der Waals surface area contributed by atoms with Crippen molar-refractivity contribution in [1.29, 1.82) is 0 Å². The number of hydrogen-bond donors (Lipinski definition) is 0. The third-order valence-electron chi connectivity index (χ3n) is 4.26. The van der Waals surface area contributed by atoms with E-state index < -0.39 is 20.5 Å². The van der Waals surface area contributed by atoms with Crippen LogP contribution in [0.5, 0.6) is 0 Å². The lowest BCUT2D eigenvalue weighted by Crippen LogP contribution is -2.50. The molecular weight excluding hydrogens is 364 g/mol. The average Bonchev–Trinajstić information content (AvgIpc) is 2.68. The molecule has 1 aliphatic rings. The van der Waals surface area contributed by atoms with Crippen molar-refractivity contribution in [3.05, 3.63) is 54.2 Å². The number of pyridine rings is 1. The van der Waals surface area contributed by atoms with Gasteiger partial charge in [-0.2, -0.15) is 8.78 Å². The first-order chi connectivity index (χ1) is 12.4. The summed E-state index contributed by atoms with van der Waals surface area (Å²) in [6.07, 6.45) is 1.84. The number of carbonyl (C=O) groups is 1. The molecule has 3 rings (SSSR count). The zero-order valence-electron chi connectivity index (χ0n) is 13.8. The number of H-pyrrole nitrogens is 1. The number of anilines is 1. The van der Waals surface area contributed by atoms with Crippen molar-refractivity contribution in [2.24, 2.45) is 0 Å². The van der Waals surface area contributed by atoms with Crippen LogP contribution in [0.25, 0.3) is 0 Å². The van der Waals surface area contributed by atoms with Crippen molar-refractivity contribution in [1.82, 2.24) is 4.90 Å². The fourth-order valence-electron chi connectivity index (χ4n) is 2.80. The van der Waals surface area contributed by atoms with Gasteiger partial charge in [-0.25, -0.2) is 13.4 Å². The van der Waals surface area contributed by atoms with Crippen molar-refractivity contribution in [2.75, 3.05) is 31.1 Å². The van der Waals surface area contributed by atoms with E-state index in [1.165, 1.54) is 12.1 Å². The summed E-state index contributed by atoms with van der Waals surface area (Å²) in [6, 6.07) is 10.4. The molecule has 1 fully saturated rings. The summed E-state index contributed by atoms with van der Waals surface area (Å²) in [7, 11) is -4.65. The highest BCUT2D eigenvalue weighted by Crippen LogP contribution is 2.20. The number of carbonyl (C=O) groups excluding carboxylic acids is 1. The number of hydrogen-bond acceptors (Lipinski definition) is 4. The van der Waals surface area contributed by atoms with Gasteiger partial charge in [-0.15, -0.1) is 0 Å². The van der Waals surface area contributed by atoms with Crippen molar-refractivity contribution in [3.63, 3.8) is 0 Å². The Morgan fingerprint density at radius 1 is 1.00 bits per heavy atom. The van der Waals surface area contributed by atoms with Crippen LogP contribution < -0.4 is 9.88 Å². The number of piperazine rings is 1. The molecule has 138 valence electrons. The molecule has 0 bridgehead atoms. The van der Waals surface area contributed by atoms with E-state index in [2.05, 4.69) is 9.88 Å². The van der Waals surface area contributed by atoms with Gasteiger partial charge in [0.15, 0.2) is 0 Å². The lowest BCUT2D eigenvalue weighted by Gasteiger charge is -2.31. The second kappa shape index (κ2) is 7.36. The largest absolute Gasteiger partial charge is 0.341 e. The molecule has 2 heterocycles. The lowest BCUT2D eigenvalue weighted by molar-refractivity contribution is -0.364. The molecule has 0 saturated carbocycles. The Labute approximate surface area is 150 Å². The first-order valence-corrected chi connectivity index (χ1v) is 9.57. The molecule has 1 aliphatic heterocycles. The van der Waals surface area contributed by atoms with Crippen molar-refractivity contribution < 1.29 is 27.0 Å². The Bertz CT molecular complexity index is 866. The van der Waals surface area contributed by atoms with Gasteiger partial charge < -0.3 is 4.90 Å². The molecule has 1 aromatic carbocycles. The summed E-state index contributed by atoms with van der Waals surface area (Å²) in [5.74, 6) is -2.75. The molecule has 0 spiro atoms. The van der Waals surface area contributed by atoms with Crippen LogP contribution in [-0.4, -0.2) is 51.2 Å². The minimum atomic E-state index is -4.65. The Morgan fingerprint density at radius 2 is 1.65 bits per heavy atom. The Kier molecular flexibility index (Phi) is 5.17. The van der Waals surface area contributed by atoms with Crippen LogP contribution in [0.15, 0.2) is 53.6 Å². The minimum absolute atomic E-state index is 0.248. The van der Waals surface area contributed by atoms with Crippen molar-refractivity contribution in [2.45, 2.75) is 10.7 Å². The number of aromatic amines is 1. The van der Waals surface area contributed by atoms with Crippen LogP contribution >= 0.6 is 0 Å². The molecule has 0 aliphatic carbocycles. The maximum atomic E-state index is 12.6. The minimum Gasteiger partial charge on any atom is -0.331 e. The maximum Gasteiger partial charge on any atom is 0.341 e. The number of aromatic nitrogens is 1. The van der Waals surface area contributed by atoms with Gasteiger partial charge in [0, 0.05) is 11.6 Å². The molecule has 6 nitrogen and oxygen atoms in total. The molecule has 0 unspecified atom stereocenters. The molecule has 1 N–H and O–H groups in total. The van der Waals surface area contributed by atoms with Gasteiger partial charge in [0.05, 0.1) is 24.2 Å². The monoisotopic (exact) mass is 382 g/mol. The van der Waals surface area contributed by atoms with Gasteiger partial charge in [-0.1, -0.05) is 6.07 Å². The highest BCUT2D eigenvalue weighted by Gasteiger charge is 2.28. The molecule has 1 aromatic heterocycles. The quantitative estimate of drug-likeness (QED) is 0.803. The Morgan fingerprint density at radius 3 is 2.19 bits per heavy atom. The van der Waals surface area contributed by atoms with E-state index in [-0.39, 0.29) is 11.5 Å². The SMILES string of the molecule is O=C(c1ccc(S(=O)(=O)C(F)F)cc1)N1CCN(c2cccc[nH+]2)CC1. The number of halogens is 2. The predicted octanol–water partition coefficient (Wildman–Crippen LogP) is 1.46. The van der Waals surface area contributed by atoms with Gasteiger partial charge in [-0.05, 0) is 30.3 Å².